The van der Waals surface area contributed by atoms with Crippen molar-refractivity contribution in [2.75, 3.05) is 16.8 Å². The van der Waals surface area contributed by atoms with Gasteiger partial charge in [0.1, 0.15) is 23.7 Å². The Labute approximate surface area is 169 Å². The molecule has 1 amide bonds. The summed E-state index contributed by atoms with van der Waals surface area (Å²) < 4.78 is 7.38. The zero-order valence-corrected chi connectivity index (χ0v) is 16.6. The second-order valence-corrected chi connectivity index (χ2v) is 6.94. The topological polar surface area (TPSA) is 70.3 Å². The number of fused-ring (bicyclic) bond motifs is 1. The summed E-state index contributed by atoms with van der Waals surface area (Å²) in [5.74, 6) is 0.670. The lowest BCUT2D eigenvalue weighted by Crippen LogP contribution is -2.43. The zero-order valence-electron chi connectivity index (χ0n) is 16.6. The summed E-state index contributed by atoms with van der Waals surface area (Å²) in [5, 5.41) is 12.9. The first-order valence-corrected chi connectivity index (χ1v) is 9.53. The molecular formula is C23H22N4O2. The Morgan fingerprint density at radius 2 is 1.90 bits per heavy atom. The maximum atomic E-state index is 13.5. The number of anilines is 2. The van der Waals surface area contributed by atoms with Gasteiger partial charge < -0.3 is 14.6 Å². The van der Waals surface area contributed by atoms with E-state index in [1.54, 1.807) is 4.90 Å². The fourth-order valence-corrected chi connectivity index (χ4v) is 3.71. The Kier molecular flexibility index (Phi) is 4.73. The molecule has 1 N–H and O–H groups in total. The van der Waals surface area contributed by atoms with Crippen molar-refractivity contribution in [3.8, 4) is 11.8 Å². The van der Waals surface area contributed by atoms with E-state index in [4.69, 9.17) is 4.74 Å². The van der Waals surface area contributed by atoms with E-state index in [0.29, 0.717) is 17.9 Å². The van der Waals surface area contributed by atoms with Crippen LogP contribution in [0.15, 0.2) is 54.6 Å². The van der Waals surface area contributed by atoms with Crippen LogP contribution in [0.3, 0.4) is 0 Å². The van der Waals surface area contributed by atoms with E-state index in [1.807, 2.05) is 80.1 Å². The lowest BCUT2D eigenvalue weighted by atomic mass is 10.0. The monoisotopic (exact) mass is 386 g/mol. The summed E-state index contributed by atoms with van der Waals surface area (Å²) in [6.45, 7) is 4.48. The Morgan fingerprint density at radius 3 is 2.55 bits per heavy atom. The maximum Gasteiger partial charge on any atom is 0.262 e. The molecule has 1 aliphatic heterocycles. The number of carbonyl (C=O) groups is 1. The second-order valence-electron chi connectivity index (χ2n) is 6.94. The van der Waals surface area contributed by atoms with Crippen LogP contribution >= 0.6 is 0 Å². The molecule has 6 heteroatoms. The highest BCUT2D eigenvalue weighted by Crippen LogP contribution is 2.38. The third kappa shape index (κ3) is 3.11. The van der Waals surface area contributed by atoms with Gasteiger partial charge in [0, 0.05) is 29.7 Å². The van der Waals surface area contributed by atoms with Gasteiger partial charge in [0.2, 0.25) is 0 Å². The molecule has 0 aliphatic carbocycles. The van der Waals surface area contributed by atoms with Crippen molar-refractivity contribution in [1.29, 1.82) is 5.26 Å². The molecule has 0 radical (unpaired) electrons. The van der Waals surface area contributed by atoms with Gasteiger partial charge >= 0.3 is 0 Å². The standard InChI is InChI=1S/C23H22N4O2/c1-4-29-18-11-9-16(10-12-18)27-22(20-13-17(14-24)26(3)15(20)2)25-21-8-6-5-7-19(21)23(27)28/h5-13,22,25H,4H2,1-3H3/t22-/m0/s1. The van der Waals surface area contributed by atoms with Gasteiger partial charge in [-0.05, 0) is 56.3 Å². The average Bonchev–Trinajstić information content (AvgIpc) is 3.03. The Bertz CT molecular complexity index is 1110. The van der Waals surface area contributed by atoms with Crippen LogP contribution in [0.25, 0.3) is 0 Å². The van der Waals surface area contributed by atoms with Crippen molar-refractivity contribution >= 4 is 17.3 Å². The molecule has 29 heavy (non-hydrogen) atoms. The van der Waals surface area contributed by atoms with E-state index in [1.165, 1.54) is 0 Å². The van der Waals surface area contributed by atoms with Crippen molar-refractivity contribution in [3.63, 3.8) is 0 Å². The minimum atomic E-state index is -0.427. The van der Waals surface area contributed by atoms with E-state index in [0.717, 1.165) is 28.4 Å². The predicted molar refractivity (Wildman–Crippen MR) is 112 cm³/mol. The molecule has 146 valence electrons. The summed E-state index contributed by atoms with van der Waals surface area (Å²) in [6, 6.07) is 19.0. The van der Waals surface area contributed by atoms with Crippen LogP contribution in [-0.2, 0) is 7.05 Å². The molecule has 0 saturated heterocycles. The van der Waals surface area contributed by atoms with Gasteiger partial charge in [-0.1, -0.05) is 12.1 Å². The average molecular weight is 386 g/mol. The van der Waals surface area contributed by atoms with E-state index in [9.17, 15) is 10.1 Å². The van der Waals surface area contributed by atoms with Gasteiger partial charge in [-0.25, -0.2) is 0 Å². The highest BCUT2D eigenvalue weighted by atomic mass is 16.5. The van der Waals surface area contributed by atoms with E-state index in [-0.39, 0.29) is 5.91 Å². The number of nitrogens with zero attached hydrogens (tertiary/aromatic N) is 3. The molecule has 1 atom stereocenters. The number of para-hydroxylation sites is 1. The lowest BCUT2D eigenvalue weighted by molar-refractivity contribution is 0.0975. The first-order valence-electron chi connectivity index (χ1n) is 9.53. The molecule has 0 unspecified atom stereocenters. The minimum absolute atomic E-state index is 0.0877. The summed E-state index contributed by atoms with van der Waals surface area (Å²) in [6.07, 6.45) is -0.427. The van der Waals surface area contributed by atoms with E-state index >= 15 is 0 Å². The number of benzene rings is 2. The van der Waals surface area contributed by atoms with Crippen LogP contribution in [0, 0.1) is 18.3 Å². The number of nitrogens with one attached hydrogen (secondary N) is 1. The molecular weight excluding hydrogens is 364 g/mol. The summed E-state index contributed by atoms with van der Waals surface area (Å²) in [7, 11) is 1.86. The van der Waals surface area contributed by atoms with Crippen molar-refractivity contribution in [1.82, 2.24) is 4.57 Å². The van der Waals surface area contributed by atoms with Gasteiger partial charge in [-0.15, -0.1) is 0 Å². The molecule has 3 aromatic rings. The molecule has 0 fully saturated rings. The van der Waals surface area contributed by atoms with Crippen LogP contribution < -0.4 is 15.0 Å². The molecule has 6 nitrogen and oxygen atoms in total. The summed E-state index contributed by atoms with van der Waals surface area (Å²) >= 11 is 0. The maximum absolute atomic E-state index is 13.5. The summed E-state index contributed by atoms with van der Waals surface area (Å²) in [4.78, 5) is 15.2. The molecule has 1 aromatic heterocycles. The van der Waals surface area contributed by atoms with Gasteiger partial charge in [-0.3, -0.25) is 9.69 Å². The van der Waals surface area contributed by atoms with Crippen LogP contribution in [0.4, 0.5) is 11.4 Å². The molecule has 2 heterocycles. The zero-order chi connectivity index (χ0) is 20.5. The van der Waals surface area contributed by atoms with Crippen LogP contribution in [0.2, 0.25) is 0 Å². The largest absolute Gasteiger partial charge is 0.494 e. The van der Waals surface area contributed by atoms with Crippen LogP contribution in [0.1, 0.15) is 40.4 Å². The van der Waals surface area contributed by atoms with Crippen molar-refractivity contribution in [2.45, 2.75) is 20.0 Å². The molecule has 1 aliphatic rings. The minimum Gasteiger partial charge on any atom is -0.494 e. The van der Waals surface area contributed by atoms with Crippen LogP contribution in [-0.4, -0.2) is 17.1 Å². The van der Waals surface area contributed by atoms with E-state index in [2.05, 4.69) is 11.4 Å². The number of amides is 1. The SMILES string of the molecule is CCOc1ccc(N2C(=O)c3ccccc3N[C@@H]2c2cc(C#N)n(C)c2C)cc1. The smallest absolute Gasteiger partial charge is 0.262 e. The second kappa shape index (κ2) is 7.36. The third-order valence-electron chi connectivity index (χ3n) is 5.34. The number of hydrogen-bond donors (Lipinski definition) is 1. The third-order valence-corrected chi connectivity index (χ3v) is 5.34. The quantitative estimate of drug-likeness (QED) is 0.723. The van der Waals surface area contributed by atoms with Gasteiger partial charge in [0.15, 0.2) is 0 Å². The number of aromatic nitrogens is 1. The van der Waals surface area contributed by atoms with Crippen molar-refractivity contribution < 1.29 is 9.53 Å². The Balaban J connectivity index is 1.85. The number of ether oxygens (including phenoxy) is 1. The van der Waals surface area contributed by atoms with Crippen molar-refractivity contribution in [2.24, 2.45) is 7.05 Å². The number of nitriles is 1. The van der Waals surface area contributed by atoms with Crippen LogP contribution in [0.5, 0.6) is 5.75 Å². The number of rotatable bonds is 4. The first-order chi connectivity index (χ1) is 14.0. The molecule has 0 saturated carbocycles. The highest BCUT2D eigenvalue weighted by molar-refractivity contribution is 6.12. The van der Waals surface area contributed by atoms with Crippen molar-refractivity contribution in [3.05, 3.63) is 77.1 Å². The van der Waals surface area contributed by atoms with Gasteiger partial charge in [0.25, 0.3) is 5.91 Å². The lowest BCUT2D eigenvalue weighted by Gasteiger charge is -2.38. The molecule has 4 rings (SSSR count). The fourth-order valence-electron chi connectivity index (χ4n) is 3.71. The number of hydrogen-bond acceptors (Lipinski definition) is 4. The Hall–Kier alpha value is -3.72. The van der Waals surface area contributed by atoms with Gasteiger partial charge in [0.05, 0.1) is 12.2 Å². The normalized spacial score (nSPS) is 15.4. The molecule has 0 spiro atoms. The summed E-state index contributed by atoms with van der Waals surface area (Å²) in [5.41, 5.74) is 4.53. The molecule has 0 bridgehead atoms. The van der Waals surface area contributed by atoms with Gasteiger partial charge in [-0.2, -0.15) is 5.26 Å². The first kappa shape index (κ1) is 18.6. The Morgan fingerprint density at radius 1 is 1.17 bits per heavy atom. The highest BCUT2D eigenvalue weighted by Gasteiger charge is 2.35. The predicted octanol–water partition coefficient (Wildman–Crippen LogP) is 4.38. The molecule has 2 aromatic carbocycles. The van der Waals surface area contributed by atoms with E-state index < -0.39 is 6.17 Å². The number of carbonyl (C=O) groups excluding carboxylic acids is 1. The fraction of sp³-hybridized carbons (Fsp3) is 0.217.